The fourth-order valence-electron chi connectivity index (χ4n) is 3.19. The van der Waals surface area contributed by atoms with E-state index in [-0.39, 0.29) is 24.4 Å². The molecule has 144 valence electrons. The number of benzene rings is 1. The van der Waals surface area contributed by atoms with Crippen molar-refractivity contribution >= 4 is 11.9 Å². The maximum atomic E-state index is 14.2. The Labute approximate surface area is 153 Å². The van der Waals surface area contributed by atoms with Crippen LogP contribution >= 0.6 is 0 Å². The first-order valence-electron chi connectivity index (χ1n) is 8.51. The highest BCUT2D eigenvalue weighted by Crippen LogP contribution is 2.29. The van der Waals surface area contributed by atoms with Gasteiger partial charge in [-0.3, -0.25) is 4.79 Å². The molecule has 0 bridgehead atoms. The lowest BCUT2D eigenvalue weighted by Crippen LogP contribution is -2.42. The molecule has 1 unspecified atom stereocenters. The van der Waals surface area contributed by atoms with Crippen LogP contribution in [0, 0.1) is 11.6 Å². The minimum Gasteiger partial charge on any atom is -0.480 e. The van der Waals surface area contributed by atoms with Crippen LogP contribution in [0.2, 0.25) is 0 Å². The molecule has 27 heavy (non-hydrogen) atoms. The Hall–Kier alpha value is -2.81. The Morgan fingerprint density at radius 1 is 1.37 bits per heavy atom. The van der Waals surface area contributed by atoms with Gasteiger partial charge in [0.05, 0.1) is 0 Å². The van der Waals surface area contributed by atoms with Crippen LogP contribution in [0.15, 0.2) is 18.2 Å². The van der Waals surface area contributed by atoms with E-state index in [1.54, 1.807) is 0 Å². The van der Waals surface area contributed by atoms with Gasteiger partial charge in [0.1, 0.15) is 11.7 Å². The molecule has 0 saturated carbocycles. The molecule has 1 aliphatic rings. The van der Waals surface area contributed by atoms with Gasteiger partial charge in [0.2, 0.25) is 0 Å². The van der Waals surface area contributed by atoms with E-state index >= 15 is 0 Å². The summed E-state index contributed by atoms with van der Waals surface area (Å²) in [7, 11) is 1.43. The number of carbonyl (C=O) groups excluding carboxylic acids is 1. The van der Waals surface area contributed by atoms with Crippen molar-refractivity contribution in [3.8, 4) is 5.69 Å². The Kier molecular flexibility index (Phi) is 5.50. The molecule has 1 aromatic heterocycles. The number of carbonyl (C=O) groups is 2. The Morgan fingerprint density at radius 3 is 2.85 bits per heavy atom. The zero-order chi connectivity index (χ0) is 19.6. The highest BCUT2D eigenvalue weighted by molar-refractivity contribution is 5.96. The van der Waals surface area contributed by atoms with Crippen LogP contribution in [-0.4, -0.2) is 46.5 Å². The first-order chi connectivity index (χ1) is 12.9. The third-order valence-corrected chi connectivity index (χ3v) is 4.52. The van der Waals surface area contributed by atoms with Gasteiger partial charge >= 0.3 is 5.97 Å². The molecule has 0 fully saturated rings. The van der Waals surface area contributed by atoms with Gasteiger partial charge in [0, 0.05) is 31.4 Å². The quantitative estimate of drug-likeness (QED) is 0.766. The number of carboxylic acid groups (broad SMARTS) is 1. The lowest BCUT2D eigenvalue weighted by molar-refractivity contribution is -0.139. The van der Waals surface area contributed by atoms with Crippen LogP contribution in [0.25, 0.3) is 5.69 Å². The molecule has 3 rings (SSSR count). The van der Waals surface area contributed by atoms with Crippen molar-refractivity contribution in [3.05, 3.63) is 46.8 Å². The summed E-state index contributed by atoms with van der Waals surface area (Å²) in [5.41, 5.74) is 1.22. The van der Waals surface area contributed by atoms with E-state index in [4.69, 9.17) is 4.74 Å². The van der Waals surface area contributed by atoms with Crippen LogP contribution in [0.4, 0.5) is 8.78 Å². The van der Waals surface area contributed by atoms with Crippen molar-refractivity contribution in [2.24, 2.45) is 0 Å². The highest BCUT2D eigenvalue weighted by atomic mass is 19.2. The maximum absolute atomic E-state index is 14.2. The van der Waals surface area contributed by atoms with Crippen LogP contribution in [-0.2, 0) is 22.4 Å². The average Bonchev–Trinajstić information content (AvgIpc) is 3.23. The van der Waals surface area contributed by atoms with Gasteiger partial charge in [-0.2, -0.15) is 5.10 Å². The fourth-order valence-corrected chi connectivity index (χ4v) is 3.19. The van der Waals surface area contributed by atoms with Crippen LogP contribution in [0.1, 0.15) is 34.6 Å². The lowest BCUT2D eigenvalue weighted by atomic mass is 10.1. The molecule has 1 heterocycles. The van der Waals surface area contributed by atoms with Crippen molar-refractivity contribution < 1.29 is 28.2 Å². The normalized spacial score (nSPS) is 14.0. The zero-order valence-electron chi connectivity index (χ0n) is 14.7. The number of aromatic nitrogens is 2. The van der Waals surface area contributed by atoms with E-state index in [0.717, 1.165) is 12.5 Å². The SMILES string of the molecule is COCCC(NC(=O)c1nn(-c2cccc(F)c2F)c2c1CCC2)C(=O)O. The summed E-state index contributed by atoms with van der Waals surface area (Å²) in [6.07, 6.45) is 1.97. The maximum Gasteiger partial charge on any atom is 0.326 e. The van der Waals surface area contributed by atoms with Crippen molar-refractivity contribution in [1.29, 1.82) is 0 Å². The van der Waals surface area contributed by atoms with Crippen LogP contribution in [0.3, 0.4) is 0 Å². The molecule has 0 aliphatic heterocycles. The number of fused-ring (bicyclic) bond motifs is 1. The second-order valence-corrected chi connectivity index (χ2v) is 6.26. The second-order valence-electron chi connectivity index (χ2n) is 6.26. The molecular weight excluding hydrogens is 360 g/mol. The number of halogens is 2. The summed E-state index contributed by atoms with van der Waals surface area (Å²) in [5, 5.41) is 15.8. The van der Waals surface area contributed by atoms with Gasteiger partial charge in [-0.15, -0.1) is 0 Å². The Morgan fingerprint density at radius 2 is 2.15 bits per heavy atom. The Bertz CT molecular complexity index is 882. The molecule has 7 nitrogen and oxygen atoms in total. The fraction of sp³-hybridized carbons (Fsp3) is 0.389. The molecule has 0 saturated heterocycles. The van der Waals surface area contributed by atoms with Gasteiger partial charge in [-0.25, -0.2) is 18.3 Å². The molecule has 1 atom stereocenters. The number of hydrogen-bond acceptors (Lipinski definition) is 4. The third kappa shape index (κ3) is 3.68. The standard InChI is InChI=1S/C18H19F2N3O4/c1-27-9-8-12(18(25)26)21-17(24)16-10-4-2-6-13(10)23(22-16)14-7-3-5-11(19)15(14)20/h3,5,7,12H,2,4,6,8-9H2,1H3,(H,21,24)(H,25,26). The van der Waals surface area contributed by atoms with E-state index in [9.17, 15) is 23.5 Å². The molecule has 1 aromatic carbocycles. The van der Waals surface area contributed by atoms with E-state index < -0.39 is 29.6 Å². The number of ether oxygens (including phenoxy) is 1. The van der Waals surface area contributed by atoms with Crippen molar-refractivity contribution in [3.63, 3.8) is 0 Å². The van der Waals surface area contributed by atoms with Crippen molar-refractivity contribution in [1.82, 2.24) is 15.1 Å². The molecular formula is C18H19F2N3O4. The number of rotatable bonds is 7. The number of hydrogen-bond donors (Lipinski definition) is 2. The highest BCUT2D eigenvalue weighted by Gasteiger charge is 2.30. The van der Waals surface area contributed by atoms with E-state index in [1.165, 1.54) is 23.9 Å². The largest absolute Gasteiger partial charge is 0.480 e. The van der Waals surface area contributed by atoms with Gasteiger partial charge in [-0.1, -0.05) is 6.07 Å². The monoisotopic (exact) mass is 379 g/mol. The number of carboxylic acids is 1. The predicted octanol–water partition coefficient (Wildman–Crippen LogP) is 1.86. The minimum absolute atomic E-state index is 0.0369. The molecule has 0 radical (unpaired) electrons. The first kappa shape index (κ1) is 19.0. The van der Waals surface area contributed by atoms with Gasteiger partial charge in [-0.05, 0) is 31.4 Å². The molecule has 0 spiro atoms. The Balaban J connectivity index is 1.94. The smallest absolute Gasteiger partial charge is 0.326 e. The van der Waals surface area contributed by atoms with E-state index in [0.29, 0.717) is 24.1 Å². The van der Waals surface area contributed by atoms with Crippen molar-refractivity contribution in [2.45, 2.75) is 31.7 Å². The first-order valence-corrected chi connectivity index (χ1v) is 8.51. The summed E-state index contributed by atoms with van der Waals surface area (Å²) < 4.78 is 33.9. The number of nitrogens with one attached hydrogen (secondary N) is 1. The van der Waals surface area contributed by atoms with E-state index in [2.05, 4.69) is 10.4 Å². The molecule has 9 heteroatoms. The number of nitrogens with zero attached hydrogens (tertiary/aromatic N) is 2. The summed E-state index contributed by atoms with van der Waals surface area (Å²) in [6, 6.07) is 2.61. The second kappa shape index (κ2) is 7.83. The number of aliphatic carboxylic acids is 1. The van der Waals surface area contributed by atoms with Gasteiger partial charge in [0.25, 0.3) is 5.91 Å². The topological polar surface area (TPSA) is 93.5 Å². The number of amides is 1. The van der Waals surface area contributed by atoms with Gasteiger partial charge < -0.3 is 15.2 Å². The van der Waals surface area contributed by atoms with Crippen LogP contribution in [0.5, 0.6) is 0 Å². The van der Waals surface area contributed by atoms with Crippen molar-refractivity contribution in [2.75, 3.05) is 13.7 Å². The molecule has 1 aliphatic carbocycles. The summed E-state index contributed by atoms with van der Waals surface area (Å²) in [4.78, 5) is 23.9. The van der Waals surface area contributed by atoms with Gasteiger partial charge in [0.15, 0.2) is 17.3 Å². The number of methoxy groups -OCH3 is 1. The molecule has 2 aromatic rings. The summed E-state index contributed by atoms with van der Waals surface area (Å²) in [5.74, 6) is -3.91. The summed E-state index contributed by atoms with van der Waals surface area (Å²) >= 11 is 0. The zero-order valence-corrected chi connectivity index (χ0v) is 14.7. The predicted molar refractivity (Wildman–Crippen MR) is 90.9 cm³/mol. The lowest BCUT2D eigenvalue weighted by Gasteiger charge is -2.13. The van der Waals surface area contributed by atoms with E-state index in [1.807, 2.05) is 0 Å². The molecule has 1 amide bonds. The minimum atomic E-state index is -1.19. The third-order valence-electron chi connectivity index (χ3n) is 4.52. The summed E-state index contributed by atoms with van der Waals surface area (Å²) in [6.45, 7) is 0.165. The van der Waals surface area contributed by atoms with Crippen LogP contribution < -0.4 is 5.32 Å². The molecule has 2 N–H and O–H groups in total. The average molecular weight is 379 g/mol.